The van der Waals surface area contributed by atoms with Gasteiger partial charge in [-0.25, -0.2) is 4.98 Å². The van der Waals surface area contributed by atoms with E-state index in [2.05, 4.69) is 10.1 Å². The third-order valence-electron chi connectivity index (χ3n) is 1.50. The van der Waals surface area contributed by atoms with Gasteiger partial charge in [0.25, 0.3) is 0 Å². The van der Waals surface area contributed by atoms with Crippen LogP contribution in [0.3, 0.4) is 0 Å². The normalized spacial score (nSPS) is 11.3. The van der Waals surface area contributed by atoms with Gasteiger partial charge >= 0.3 is 0 Å². The van der Waals surface area contributed by atoms with Crippen LogP contribution in [0.15, 0.2) is 29.4 Å². The molecule has 0 radical (unpaired) electrons. The molecule has 1 aromatic carbocycles. The van der Waals surface area contributed by atoms with Gasteiger partial charge in [0.2, 0.25) is 0 Å². The minimum Gasteiger partial charge on any atom is -0.323 e. The number of hydrogen-bond donors (Lipinski definition) is 1. The van der Waals surface area contributed by atoms with Gasteiger partial charge in [-0.3, -0.25) is 0 Å². The van der Waals surface area contributed by atoms with Gasteiger partial charge in [0.1, 0.15) is 5.01 Å². The highest BCUT2D eigenvalue weighted by Gasteiger charge is 1.98. The summed E-state index contributed by atoms with van der Waals surface area (Å²) in [6.45, 7) is 0. The lowest BCUT2D eigenvalue weighted by molar-refractivity contribution is 1.26. The molecule has 0 aliphatic heterocycles. The Kier molecular flexibility index (Phi) is 1.75. The van der Waals surface area contributed by atoms with Crippen molar-refractivity contribution >= 4 is 27.8 Å². The topological polar surface area (TPSA) is 51.3 Å². The van der Waals surface area contributed by atoms with Crippen LogP contribution in [0.4, 0.5) is 0 Å². The average Bonchev–Trinajstić information content (AvgIpc) is 2.47. The Bertz CT molecular complexity index is 386. The molecule has 0 saturated carbocycles. The van der Waals surface area contributed by atoms with Crippen LogP contribution in [0.25, 0.3) is 10.2 Å². The Morgan fingerprint density at radius 3 is 3.00 bits per heavy atom. The molecule has 0 aliphatic carbocycles. The van der Waals surface area contributed by atoms with Gasteiger partial charge in [-0.2, -0.15) is 5.10 Å². The summed E-state index contributed by atoms with van der Waals surface area (Å²) in [6.07, 6.45) is 1.56. The van der Waals surface area contributed by atoms with E-state index >= 15 is 0 Å². The molecule has 0 spiro atoms. The van der Waals surface area contributed by atoms with E-state index in [-0.39, 0.29) is 0 Å². The number of thiazole rings is 1. The fourth-order valence-corrected chi connectivity index (χ4v) is 1.86. The number of para-hydroxylation sites is 1. The molecule has 0 aliphatic rings. The lowest BCUT2D eigenvalue weighted by Crippen LogP contribution is -1.83. The molecule has 0 unspecified atom stereocenters. The molecule has 1 heterocycles. The molecule has 60 valence electrons. The number of rotatable bonds is 1. The van der Waals surface area contributed by atoms with Crippen LogP contribution in [-0.2, 0) is 0 Å². The van der Waals surface area contributed by atoms with Crippen molar-refractivity contribution in [2.24, 2.45) is 10.9 Å². The maximum absolute atomic E-state index is 5.02. The van der Waals surface area contributed by atoms with E-state index in [1.165, 1.54) is 0 Å². The molecule has 2 aromatic rings. The third kappa shape index (κ3) is 1.16. The first-order valence-corrected chi connectivity index (χ1v) is 4.30. The Morgan fingerprint density at radius 1 is 1.42 bits per heavy atom. The van der Waals surface area contributed by atoms with Crippen molar-refractivity contribution in [1.82, 2.24) is 4.98 Å². The molecule has 0 fully saturated rings. The maximum Gasteiger partial charge on any atom is 0.137 e. The second-order valence-electron chi connectivity index (χ2n) is 2.30. The average molecular weight is 177 g/mol. The zero-order chi connectivity index (χ0) is 8.39. The number of fused-ring (bicyclic) bond motifs is 1. The van der Waals surface area contributed by atoms with Crippen LogP contribution in [0.5, 0.6) is 0 Å². The van der Waals surface area contributed by atoms with Crippen LogP contribution >= 0.6 is 11.3 Å². The summed E-state index contributed by atoms with van der Waals surface area (Å²) in [4.78, 5) is 4.29. The molecule has 2 N–H and O–H groups in total. The van der Waals surface area contributed by atoms with E-state index in [1.807, 2.05) is 24.3 Å². The monoisotopic (exact) mass is 177 g/mol. The highest BCUT2D eigenvalue weighted by atomic mass is 32.1. The summed E-state index contributed by atoms with van der Waals surface area (Å²) in [6, 6.07) is 7.95. The largest absolute Gasteiger partial charge is 0.323 e. The van der Waals surface area contributed by atoms with Crippen LogP contribution in [0.1, 0.15) is 5.01 Å². The number of hydrogen-bond acceptors (Lipinski definition) is 4. The Labute approximate surface area is 73.5 Å². The maximum atomic E-state index is 5.02. The quantitative estimate of drug-likeness (QED) is 0.408. The third-order valence-corrected chi connectivity index (χ3v) is 2.47. The van der Waals surface area contributed by atoms with Gasteiger partial charge in [-0.05, 0) is 12.1 Å². The summed E-state index contributed by atoms with van der Waals surface area (Å²) in [5, 5.41) is 4.27. The molecule has 0 saturated heterocycles. The van der Waals surface area contributed by atoms with E-state index in [9.17, 15) is 0 Å². The number of hydrazone groups is 1. The number of nitrogens with two attached hydrogens (primary N) is 1. The van der Waals surface area contributed by atoms with Crippen molar-refractivity contribution in [1.29, 1.82) is 0 Å². The number of aromatic nitrogens is 1. The smallest absolute Gasteiger partial charge is 0.137 e. The molecule has 0 bridgehead atoms. The number of benzene rings is 1. The fourth-order valence-electron chi connectivity index (χ4n) is 1.01. The first kappa shape index (κ1) is 7.24. The standard InChI is InChI=1S/C8H7N3S/c9-10-5-8-11-6-3-1-2-4-7(6)12-8/h1-5H,9H2/b10-5+. The second-order valence-corrected chi connectivity index (χ2v) is 3.36. The SMILES string of the molecule is N/N=C/c1nc2ccccc2s1. The zero-order valence-corrected chi connectivity index (χ0v) is 7.08. The highest BCUT2D eigenvalue weighted by Crippen LogP contribution is 2.19. The highest BCUT2D eigenvalue weighted by molar-refractivity contribution is 7.20. The van der Waals surface area contributed by atoms with E-state index < -0.39 is 0 Å². The predicted molar refractivity (Wildman–Crippen MR) is 51.4 cm³/mol. The zero-order valence-electron chi connectivity index (χ0n) is 6.27. The van der Waals surface area contributed by atoms with E-state index in [0.717, 1.165) is 15.2 Å². The summed E-state index contributed by atoms with van der Waals surface area (Å²) in [5.74, 6) is 5.02. The van der Waals surface area contributed by atoms with Crippen LogP contribution in [-0.4, -0.2) is 11.2 Å². The molecule has 12 heavy (non-hydrogen) atoms. The molecular formula is C8H7N3S. The minimum atomic E-state index is 0.846. The van der Waals surface area contributed by atoms with Crippen LogP contribution < -0.4 is 5.84 Å². The van der Waals surface area contributed by atoms with Crippen molar-refractivity contribution in [2.75, 3.05) is 0 Å². The summed E-state index contributed by atoms with van der Waals surface area (Å²) >= 11 is 1.58. The van der Waals surface area contributed by atoms with Crippen molar-refractivity contribution in [3.63, 3.8) is 0 Å². The summed E-state index contributed by atoms with van der Waals surface area (Å²) in [5.41, 5.74) is 0.998. The molecular weight excluding hydrogens is 170 g/mol. The second kappa shape index (κ2) is 2.91. The van der Waals surface area contributed by atoms with Gasteiger partial charge in [0, 0.05) is 0 Å². The van der Waals surface area contributed by atoms with Crippen molar-refractivity contribution < 1.29 is 0 Å². The Morgan fingerprint density at radius 2 is 2.25 bits per heavy atom. The molecule has 1 aromatic heterocycles. The fraction of sp³-hybridized carbons (Fsp3) is 0. The lowest BCUT2D eigenvalue weighted by atomic mass is 10.3. The van der Waals surface area contributed by atoms with Crippen molar-refractivity contribution in [2.45, 2.75) is 0 Å². The van der Waals surface area contributed by atoms with E-state index in [1.54, 1.807) is 17.6 Å². The first-order chi connectivity index (χ1) is 5.90. The Balaban J connectivity index is 2.62. The van der Waals surface area contributed by atoms with Gasteiger partial charge < -0.3 is 5.84 Å². The van der Waals surface area contributed by atoms with Gasteiger partial charge in [-0.15, -0.1) is 11.3 Å². The summed E-state index contributed by atoms with van der Waals surface area (Å²) in [7, 11) is 0. The van der Waals surface area contributed by atoms with Gasteiger partial charge in [0.05, 0.1) is 16.4 Å². The van der Waals surface area contributed by atoms with E-state index in [4.69, 9.17) is 5.84 Å². The molecule has 0 atom stereocenters. The van der Waals surface area contributed by atoms with Crippen molar-refractivity contribution in [3.05, 3.63) is 29.3 Å². The first-order valence-electron chi connectivity index (χ1n) is 3.49. The molecule has 2 rings (SSSR count). The molecule has 4 heteroatoms. The van der Waals surface area contributed by atoms with Crippen molar-refractivity contribution in [3.8, 4) is 0 Å². The van der Waals surface area contributed by atoms with Crippen LogP contribution in [0, 0.1) is 0 Å². The van der Waals surface area contributed by atoms with Crippen LogP contribution in [0.2, 0.25) is 0 Å². The molecule has 0 amide bonds. The number of nitrogens with zero attached hydrogens (tertiary/aromatic N) is 2. The summed E-state index contributed by atoms with van der Waals surface area (Å²) < 4.78 is 1.16. The van der Waals surface area contributed by atoms with E-state index in [0.29, 0.717) is 0 Å². The lowest BCUT2D eigenvalue weighted by Gasteiger charge is -1.80. The Hall–Kier alpha value is -1.42. The predicted octanol–water partition coefficient (Wildman–Crippen LogP) is 1.59. The van der Waals surface area contributed by atoms with Gasteiger partial charge in [0.15, 0.2) is 0 Å². The minimum absolute atomic E-state index is 0.846. The molecule has 3 nitrogen and oxygen atoms in total. The van der Waals surface area contributed by atoms with Gasteiger partial charge in [-0.1, -0.05) is 12.1 Å².